The molecule has 0 amide bonds. The molecular weight excluding hydrogens is 159 g/mol. The summed E-state index contributed by atoms with van der Waals surface area (Å²) in [4.78, 5) is 10.9. The summed E-state index contributed by atoms with van der Waals surface area (Å²) in [5, 5.41) is 0. The van der Waals surface area contributed by atoms with Gasteiger partial charge in [0.2, 0.25) is 0 Å². The van der Waals surface area contributed by atoms with Gasteiger partial charge in [0.25, 0.3) is 0 Å². The summed E-state index contributed by atoms with van der Waals surface area (Å²) < 4.78 is 4.81. The molecule has 2 nitrogen and oxygen atoms in total. The van der Waals surface area contributed by atoms with Crippen LogP contribution < -0.4 is 0 Å². The zero-order valence-electron chi connectivity index (χ0n) is 8.27. The van der Waals surface area contributed by atoms with Crippen LogP contribution in [0.4, 0.5) is 0 Å². The van der Waals surface area contributed by atoms with Crippen LogP contribution in [0.25, 0.3) is 0 Å². The van der Waals surface area contributed by atoms with Crippen LogP contribution in [0, 0.1) is 0 Å². The number of carbonyl (C=O) groups excluding carboxylic acids is 1. The first-order valence-electron chi connectivity index (χ1n) is 4.96. The first kappa shape index (κ1) is 15.5. The SMILES string of the molecule is CCCCCCCC(=O)OCC.[LiH]. The maximum atomic E-state index is 10.9. The molecule has 3 heteroatoms. The van der Waals surface area contributed by atoms with E-state index in [0.717, 1.165) is 12.8 Å². The Labute approximate surface area is 93.6 Å². The third-order valence-electron chi connectivity index (χ3n) is 1.79. The topological polar surface area (TPSA) is 26.3 Å². The molecule has 0 spiro atoms. The molecule has 0 aromatic heterocycles. The Morgan fingerprint density at radius 2 is 1.69 bits per heavy atom. The first-order valence-corrected chi connectivity index (χ1v) is 4.96. The van der Waals surface area contributed by atoms with Gasteiger partial charge in [-0.1, -0.05) is 32.6 Å². The minimum atomic E-state index is -0.0472. The van der Waals surface area contributed by atoms with Crippen molar-refractivity contribution in [3.8, 4) is 0 Å². The predicted octanol–water partition coefficient (Wildman–Crippen LogP) is 2.26. The molecule has 0 N–H and O–H groups in total. The molecule has 0 aromatic rings. The van der Waals surface area contributed by atoms with Gasteiger partial charge in [0.1, 0.15) is 0 Å². The number of hydrogen-bond donors (Lipinski definition) is 0. The van der Waals surface area contributed by atoms with Crippen molar-refractivity contribution in [3.05, 3.63) is 0 Å². The van der Waals surface area contributed by atoms with E-state index in [1.165, 1.54) is 19.3 Å². The Bertz CT molecular complexity index is 115. The van der Waals surface area contributed by atoms with E-state index >= 15 is 0 Å². The predicted molar refractivity (Wildman–Crippen MR) is 57.2 cm³/mol. The van der Waals surface area contributed by atoms with Crippen LogP contribution in [-0.4, -0.2) is 31.4 Å². The number of unbranched alkanes of at least 4 members (excludes halogenated alkanes) is 4. The second-order valence-electron chi connectivity index (χ2n) is 2.97. The summed E-state index contributed by atoms with van der Waals surface area (Å²) in [5.41, 5.74) is 0. The number of carbonyl (C=O) groups is 1. The minimum absolute atomic E-state index is 0. The number of rotatable bonds is 7. The molecule has 0 rings (SSSR count). The Hall–Kier alpha value is 0.0674. The Morgan fingerprint density at radius 1 is 1.08 bits per heavy atom. The number of hydrogen-bond acceptors (Lipinski definition) is 2. The van der Waals surface area contributed by atoms with Crippen LogP contribution in [0.2, 0.25) is 0 Å². The van der Waals surface area contributed by atoms with Gasteiger partial charge in [-0.3, -0.25) is 4.79 Å². The van der Waals surface area contributed by atoms with Crippen molar-refractivity contribution in [2.45, 2.75) is 52.4 Å². The second kappa shape index (κ2) is 12.1. The van der Waals surface area contributed by atoms with E-state index in [2.05, 4.69) is 6.92 Å². The normalized spacial score (nSPS) is 9.08. The molecule has 0 atom stereocenters. The van der Waals surface area contributed by atoms with Crippen LogP contribution in [0.15, 0.2) is 0 Å². The van der Waals surface area contributed by atoms with E-state index in [4.69, 9.17) is 4.74 Å². The molecule has 0 bridgehead atoms. The van der Waals surface area contributed by atoms with Gasteiger partial charge in [0.05, 0.1) is 6.61 Å². The molecule has 74 valence electrons. The number of ether oxygens (including phenoxy) is 1. The molecule has 0 aliphatic carbocycles. The van der Waals surface area contributed by atoms with Crippen molar-refractivity contribution in [1.82, 2.24) is 0 Å². The molecule has 0 aliphatic heterocycles. The second-order valence-corrected chi connectivity index (χ2v) is 2.97. The summed E-state index contributed by atoms with van der Waals surface area (Å²) in [6, 6.07) is 0. The first-order chi connectivity index (χ1) is 5.81. The summed E-state index contributed by atoms with van der Waals surface area (Å²) in [5.74, 6) is -0.0472. The quantitative estimate of drug-likeness (QED) is 0.341. The zero-order chi connectivity index (χ0) is 9.23. The van der Waals surface area contributed by atoms with Gasteiger partial charge >= 0.3 is 24.8 Å². The van der Waals surface area contributed by atoms with Crippen molar-refractivity contribution in [3.63, 3.8) is 0 Å². The molecule has 0 radical (unpaired) electrons. The monoisotopic (exact) mass is 180 g/mol. The van der Waals surface area contributed by atoms with E-state index in [-0.39, 0.29) is 24.8 Å². The van der Waals surface area contributed by atoms with Crippen LogP contribution in [-0.2, 0) is 9.53 Å². The molecular formula is C10H21LiO2. The van der Waals surface area contributed by atoms with E-state index in [1.807, 2.05) is 6.92 Å². The van der Waals surface area contributed by atoms with Crippen molar-refractivity contribution in [2.24, 2.45) is 0 Å². The maximum absolute atomic E-state index is 10.9. The summed E-state index contributed by atoms with van der Waals surface area (Å²) in [6.45, 7) is 4.54. The summed E-state index contributed by atoms with van der Waals surface area (Å²) >= 11 is 0. The molecule has 0 aliphatic rings. The van der Waals surface area contributed by atoms with Gasteiger partial charge in [-0.05, 0) is 13.3 Å². The third-order valence-corrected chi connectivity index (χ3v) is 1.79. The zero-order valence-corrected chi connectivity index (χ0v) is 8.27. The van der Waals surface area contributed by atoms with Gasteiger partial charge in [-0.2, -0.15) is 0 Å². The molecule has 13 heavy (non-hydrogen) atoms. The molecule has 0 aromatic carbocycles. The third kappa shape index (κ3) is 12.1. The van der Waals surface area contributed by atoms with Gasteiger partial charge in [-0.25, -0.2) is 0 Å². The van der Waals surface area contributed by atoms with Crippen LogP contribution in [0.5, 0.6) is 0 Å². The van der Waals surface area contributed by atoms with Crippen molar-refractivity contribution in [1.29, 1.82) is 0 Å². The van der Waals surface area contributed by atoms with Crippen molar-refractivity contribution < 1.29 is 9.53 Å². The standard InChI is InChI=1S/C10H20O2.Li.H/c1-3-5-6-7-8-9-10(11)12-4-2;;/h3-9H2,1-2H3;;. The average Bonchev–Trinajstić information content (AvgIpc) is 2.05. The Morgan fingerprint density at radius 3 is 2.23 bits per heavy atom. The van der Waals surface area contributed by atoms with Gasteiger partial charge in [0, 0.05) is 6.42 Å². The molecule has 0 saturated heterocycles. The van der Waals surface area contributed by atoms with Crippen LogP contribution in [0.3, 0.4) is 0 Å². The fourth-order valence-electron chi connectivity index (χ4n) is 1.11. The molecule has 0 unspecified atom stereocenters. The van der Waals surface area contributed by atoms with E-state index in [1.54, 1.807) is 0 Å². The molecule has 0 heterocycles. The Balaban J connectivity index is 0. The van der Waals surface area contributed by atoms with Crippen molar-refractivity contribution >= 4 is 24.8 Å². The van der Waals surface area contributed by atoms with Crippen LogP contribution >= 0.6 is 0 Å². The Kier molecular flexibility index (Phi) is 14.4. The van der Waals surface area contributed by atoms with E-state index < -0.39 is 0 Å². The summed E-state index contributed by atoms with van der Waals surface area (Å²) in [6.07, 6.45) is 6.52. The molecule has 0 saturated carbocycles. The van der Waals surface area contributed by atoms with Gasteiger partial charge < -0.3 is 4.74 Å². The van der Waals surface area contributed by atoms with Crippen LogP contribution in [0.1, 0.15) is 52.4 Å². The van der Waals surface area contributed by atoms with Gasteiger partial charge in [-0.15, -0.1) is 0 Å². The average molecular weight is 180 g/mol. The van der Waals surface area contributed by atoms with E-state index in [9.17, 15) is 4.79 Å². The van der Waals surface area contributed by atoms with E-state index in [0.29, 0.717) is 13.0 Å². The molecule has 0 fully saturated rings. The summed E-state index contributed by atoms with van der Waals surface area (Å²) in [7, 11) is 0. The fourth-order valence-corrected chi connectivity index (χ4v) is 1.11. The number of esters is 1. The van der Waals surface area contributed by atoms with Crippen molar-refractivity contribution in [2.75, 3.05) is 6.61 Å². The van der Waals surface area contributed by atoms with Gasteiger partial charge in [0.15, 0.2) is 0 Å². The fraction of sp³-hybridized carbons (Fsp3) is 0.900.